The first kappa shape index (κ1) is 27.3. The number of carbonyl (C=O) groups is 1. The second kappa shape index (κ2) is 10.7. The van der Waals surface area contributed by atoms with Gasteiger partial charge in [-0.1, -0.05) is 6.07 Å². The Morgan fingerprint density at radius 3 is 2.60 bits per heavy atom. The molecule has 3 aromatic rings. The van der Waals surface area contributed by atoms with Gasteiger partial charge in [-0.05, 0) is 38.1 Å². The zero-order valence-corrected chi connectivity index (χ0v) is 22.3. The summed E-state index contributed by atoms with van der Waals surface area (Å²) in [5, 5.41) is 11.8. The molecular formula is C27H30F3N7O3. The van der Waals surface area contributed by atoms with E-state index in [0.29, 0.717) is 17.6 Å². The van der Waals surface area contributed by atoms with Crippen molar-refractivity contribution in [1.82, 2.24) is 20.6 Å². The number of halogens is 3. The Morgan fingerprint density at radius 2 is 1.88 bits per heavy atom. The van der Waals surface area contributed by atoms with E-state index in [1.54, 1.807) is 32.0 Å². The predicted octanol–water partition coefficient (Wildman–Crippen LogP) is 4.30. The van der Waals surface area contributed by atoms with E-state index in [2.05, 4.69) is 36.1 Å². The van der Waals surface area contributed by atoms with Gasteiger partial charge >= 0.3 is 6.18 Å². The molecule has 10 nitrogen and oxygen atoms in total. The van der Waals surface area contributed by atoms with Crippen molar-refractivity contribution in [2.24, 2.45) is 0 Å². The molecule has 0 atom stereocenters. The molecule has 0 spiro atoms. The number of hydrogen-bond donors (Lipinski definition) is 4. The highest BCUT2D eigenvalue weighted by Gasteiger charge is 2.36. The number of amides is 1. The van der Waals surface area contributed by atoms with Gasteiger partial charge in [0.2, 0.25) is 5.95 Å². The van der Waals surface area contributed by atoms with Crippen LogP contribution in [0.1, 0.15) is 29.8 Å². The van der Waals surface area contributed by atoms with Crippen molar-refractivity contribution in [3.8, 4) is 11.5 Å². The van der Waals surface area contributed by atoms with E-state index in [0.717, 1.165) is 31.9 Å². The van der Waals surface area contributed by atoms with Crippen LogP contribution in [0.15, 0.2) is 42.6 Å². The molecule has 1 aromatic heterocycles. The largest absolute Gasteiger partial charge is 0.494 e. The lowest BCUT2D eigenvalue weighted by Gasteiger charge is -2.30. The number of piperazine rings is 1. The molecule has 0 saturated carbocycles. The summed E-state index contributed by atoms with van der Waals surface area (Å²) in [6.07, 6.45) is -4.06. The van der Waals surface area contributed by atoms with E-state index in [4.69, 9.17) is 9.47 Å². The van der Waals surface area contributed by atoms with Crippen LogP contribution in [0.5, 0.6) is 11.5 Å². The summed E-state index contributed by atoms with van der Waals surface area (Å²) in [4.78, 5) is 23.3. The molecule has 13 heteroatoms. The lowest BCUT2D eigenvalue weighted by molar-refractivity contribution is -0.137. The third-order valence-corrected chi connectivity index (χ3v) is 6.55. The molecule has 0 radical (unpaired) electrons. The van der Waals surface area contributed by atoms with E-state index in [1.165, 1.54) is 13.2 Å². The van der Waals surface area contributed by atoms with Gasteiger partial charge in [0.1, 0.15) is 35.1 Å². The smallest absolute Gasteiger partial charge is 0.421 e. The van der Waals surface area contributed by atoms with Crippen molar-refractivity contribution in [3.05, 3.63) is 53.7 Å². The van der Waals surface area contributed by atoms with Crippen LogP contribution >= 0.6 is 0 Å². The molecule has 1 amide bonds. The number of ether oxygens (including phenoxy) is 2. The summed E-state index contributed by atoms with van der Waals surface area (Å²) in [5.41, 5.74) is -0.119. The fourth-order valence-electron chi connectivity index (χ4n) is 4.55. The van der Waals surface area contributed by atoms with Gasteiger partial charge < -0.3 is 35.6 Å². The van der Waals surface area contributed by atoms with E-state index in [-0.39, 0.29) is 29.6 Å². The number of benzene rings is 2. The van der Waals surface area contributed by atoms with E-state index < -0.39 is 29.0 Å². The number of alkyl halides is 3. The maximum Gasteiger partial charge on any atom is 0.421 e. The monoisotopic (exact) mass is 557 g/mol. The van der Waals surface area contributed by atoms with Crippen LogP contribution in [0, 0.1) is 0 Å². The number of hydrogen-bond acceptors (Lipinski definition) is 9. The molecule has 3 heterocycles. The Bertz CT molecular complexity index is 1410. The molecule has 0 aliphatic carbocycles. The molecular weight excluding hydrogens is 527 g/mol. The summed E-state index contributed by atoms with van der Waals surface area (Å²) < 4.78 is 53.2. The Hall–Kier alpha value is -4.26. The molecule has 0 bridgehead atoms. The van der Waals surface area contributed by atoms with Crippen LogP contribution in [-0.4, -0.2) is 61.3 Å². The predicted molar refractivity (Wildman–Crippen MR) is 145 cm³/mol. The van der Waals surface area contributed by atoms with Crippen molar-refractivity contribution < 1.29 is 27.4 Å². The second-order valence-electron chi connectivity index (χ2n) is 10.1. The normalized spacial score (nSPS) is 16.8. The Labute approximate surface area is 229 Å². The van der Waals surface area contributed by atoms with Crippen molar-refractivity contribution in [1.29, 1.82) is 0 Å². The van der Waals surface area contributed by atoms with Gasteiger partial charge in [0, 0.05) is 44.1 Å². The van der Waals surface area contributed by atoms with Crippen LogP contribution in [0.3, 0.4) is 0 Å². The van der Waals surface area contributed by atoms with Crippen molar-refractivity contribution in [2.45, 2.75) is 25.6 Å². The summed E-state index contributed by atoms with van der Waals surface area (Å²) >= 11 is 0. The van der Waals surface area contributed by atoms with E-state index in [9.17, 15) is 18.0 Å². The van der Waals surface area contributed by atoms with Crippen molar-refractivity contribution in [2.75, 3.05) is 55.4 Å². The van der Waals surface area contributed by atoms with Crippen LogP contribution in [0.2, 0.25) is 0 Å². The maximum atomic E-state index is 14.0. The Balaban J connectivity index is 1.47. The molecule has 2 aromatic carbocycles. The summed E-state index contributed by atoms with van der Waals surface area (Å²) in [6.45, 7) is 7.20. The fourth-order valence-corrected chi connectivity index (χ4v) is 4.55. The van der Waals surface area contributed by atoms with Crippen LogP contribution in [0.4, 0.5) is 42.0 Å². The summed E-state index contributed by atoms with van der Waals surface area (Å²) in [7, 11) is 1.51. The highest BCUT2D eigenvalue weighted by Crippen LogP contribution is 2.38. The van der Waals surface area contributed by atoms with Gasteiger partial charge in [0.15, 0.2) is 0 Å². The van der Waals surface area contributed by atoms with Gasteiger partial charge in [-0.15, -0.1) is 0 Å². The average molecular weight is 558 g/mol. The van der Waals surface area contributed by atoms with E-state index in [1.807, 2.05) is 12.1 Å². The summed E-state index contributed by atoms with van der Waals surface area (Å²) in [5.74, 6) is -0.350. The molecule has 40 heavy (non-hydrogen) atoms. The highest BCUT2D eigenvalue weighted by atomic mass is 19.4. The molecule has 2 aliphatic heterocycles. The number of carbonyl (C=O) groups excluding carboxylic acids is 1. The van der Waals surface area contributed by atoms with Gasteiger partial charge in [-0.25, -0.2) is 4.98 Å². The first-order valence-corrected chi connectivity index (χ1v) is 12.7. The Morgan fingerprint density at radius 1 is 1.10 bits per heavy atom. The minimum Gasteiger partial charge on any atom is -0.494 e. The number of nitrogens with one attached hydrogen (secondary N) is 4. The molecule has 5 rings (SSSR count). The number of aromatic nitrogens is 2. The zero-order chi connectivity index (χ0) is 28.5. The Kier molecular flexibility index (Phi) is 7.32. The average Bonchev–Trinajstić information content (AvgIpc) is 3.04. The third-order valence-electron chi connectivity index (χ3n) is 6.55. The number of rotatable bonds is 6. The zero-order valence-electron chi connectivity index (χ0n) is 22.3. The molecule has 1 saturated heterocycles. The lowest BCUT2D eigenvalue weighted by Crippen LogP contribution is -2.45. The number of nitrogens with zero attached hydrogens (tertiary/aromatic N) is 3. The third kappa shape index (κ3) is 5.83. The van der Waals surface area contributed by atoms with E-state index >= 15 is 0 Å². The van der Waals surface area contributed by atoms with Crippen molar-refractivity contribution >= 4 is 34.7 Å². The van der Waals surface area contributed by atoms with Gasteiger partial charge in [0.25, 0.3) is 5.91 Å². The van der Waals surface area contributed by atoms with Gasteiger partial charge in [-0.2, -0.15) is 18.2 Å². The van der Waals surface area contributed by atoms with Gasteiger partial charge in [0.05, 0.1) is 24.0 Å². The SMILES string of the molecule is COc1cc(N2CCNCC2)ccc1Nc1ncc(C(F)(F)F)c(Nc2cccc3c2C(=O)NC(C)(C)CO3)n1. The van der Waals surface area contributed by atoms with Gasteiger partial charge in [-0.3, -0.25) is 4.79 Å². The molecule has 2 aliphatic rings. The molecule has 4 N–H and O–H groups in total. The lowest BCUT2D eigenvalue weighted by atomic mass is 10.1. The number of methoxy groups -OCH3 is 1. The minimum absolute atomic E-state index is 0.0829. The maximum absolute atomic E-state index is 14.0. The minimum atomic E-state index is -4.75. The fraction of sp³-hybridized carbons (Fsp3) is 0.370. The summed E-state index contributed by atoms with van der Waals surface area (Å²) in [6, 6.07) is 10.2. The van der Waals surface area contributed by atoms with Crippen molar-refractivity contribution in [3.63, 3.8) is 0 Å². The number of anilines is 5. The first-order chi connectivity index (χ1) is 19.0. The highest BCUT2D eigenvalue weighted by molar-refractivity contribution is 6.03. The molecule has 212 valence electrons. The van der Waals surface area contributed by atoms with Crippen LogP contribution in [0.25, 0.3) is 0 Å². The topological polar surface area (TPSA) is 113 Å². The standard InChI is InChI=1S/C27H30F3N7O3/c1-26(2)15-40-20-6-4-5-19(22(20)24(38)36-26)33-23-17(27(28,29)30)14-32-25(35-23)34-18-8-7-16(13-21(18)39-3)37-11-9-31-10-12-37/h4-8,13-14,31H,9-12,15H2,1-3H3,(H,36,38)(H2,32,33,34,35). The van der Waals surface area contributed by atoms with Crippen LogP contribution < -0.4 is 35.6 Å². The second-order valence-corrected chi connectivity index (χ2v) is 10.1. The molecule has 0 unspecified atom stereocenters. The van der Waals surface area contributed by atoms with Crippen LogP contribution in [-0.2, 0) is 6.18 Å². The molecule has 1 fully saturated rings. The quantitative estimate of drug-likeness (QED) is 0.352. The first-order valence-electron chi connectivity index (χ1n) is 12.7. The number of fused-ring (bicyclic) bond motifs is 1.